The van der Waals surface area contributed by atoms with Crippen molar-refractivity contribution in [1.29, 1.82) is 5.26 Å². The Morgan fingerprint density at radius 2 is 2.07 bits per heavy atom. The molecule has 1 unspecified atom stereocenters. The van der Waals surface area contributed by atoms with Gasteiger partial charge in [-0.3, -0.25) is 4.90 Å². The summed E-state index contributed by atoms with van der Waals surface area (Å²) in [5.41, 5.74) is 3.59. The maximum absolute atomic E-state index is 14.3. The maximum atomic E-state index is 14.3. The standard InChI is InChI=1S/C32H32FN5O4/c1-32(28-4-3-5-30(36-28)42-19-23-7-6-21(16-34)14-25(23)33)11-12-37(20-32)18-29-35-26-9-8-22(31(39)40-2)15-27(26)38(29)17-24-10-13-41-24/h3-9,14-15,24H,10-13,17-20H2,1-2H3/t24-,32?/m0/s1. The first-order valence-electron chi connectivity index (χ1n) is 14.1. The van der Waals surface area contributed by atoms with Crippen LogP contribution < -0.4 is 4.74 Å². The van der Waals surface area contributed by atoms with Gasteiger partial charge in [0.25, 0.3) is 0 Å². The first kappa shape index (κ1) is 27.8. The Balaban J connectivity index is 1.18. The van der Waals surface area contributed by atoms with Crippen molar-refractivity contribution in [3.63, 3.8) is 0 Å². The molecule has 2 aliphatic rings. The lowest BCUT2D eigenvalue weighted by Crippen LogP contribution is -2.33. The molecule has 9 nitrogen and oxygen atoms in total. The van der Waals surface area contributed by atoms with E-state index < -0.39 is 5.82 Å². The van der Waals surface area contributed by atoms with Crippen LogP contribution in [-0.4, -0.2) is 58.3 Å². The van der Waals surface area contributed by atoms with Crippen LogP contribution in [0.4, 0.5) is 4.39 Å². The molecule has 42 heavy (non-hydrogen) atoms. The van der Waals surface area contributed by atoms with Crippen molar-refractivity contribution in [2.45, 2.75) is 51.0 Å². The Morgan fingerprint density at radius 3 is 2.81 bits per heavy atom. The highest BCUT2D eigenvalue weighted by atomic mass is 19.1. The van der Waals surface area contributed by atoms with Crippen LogP contribution in [-0.2, 0) is 34.6 Å². The van der Waals surface area contributed by atoms with E-state index in [1.807, 2.05) is 30.3 Å². The molecule has 4 heterocycles. The van der Waals surface area contributed by atoms with E-state index in [9.17, 15) is 9.18 Å². The predicted octanol–water partition coefficient (Wildman–Crippen LogP) is 4.76. The first-order chi connectivity index (χ1) is 20.3. The lowest BCUT2D eigenvalue weighted by atomic mass is 9.85. The summed E-state index contributed by atoms with van der Waals surface area (Å²) in [4.78, 5) is 24.3. The molecule has 2 aromatic heterocycles. The number of rotatable bonds is 9. The second kappa shape index (κ2) is 11.5. The third kappa shape index (κ3) is 5.58. The minimum atomic E-state index is -0.472. The lowest BCUT2D eigenvalue weighted by molar-refractivity contribution is -0.0591. The summed E-state index contributed by atoms with van der Waals surface area (Å²) < 4.78 is 33.0. The van der Waals surface area contributed by atoms with Gasteiger partial charge in [0, 0.05) is 30.2 Å². The summed E-state index contributed by atoms with van der Waals surface area (Å²) in [7, 11) is 1.38. The van der Waals surface area contributed by atoms with Crippen LogP contribution in [0.2, 0.25) is 0 Å². The number of halogens is 1. The molecule has 216 valence electrons. The molecule has 2 fully saturated rings. The number of imidazole rings is 1. The summed E-state index contributed by atoms with van der Waals surface area (Å²) in [5, 5.41) is 8.96. The Hall–Kier alpha value is -4.33. The van der Waals surface area contributed by atoms with E-state index in [-0.39, 0.29) is 29.7 Å². The molecule has 0 spiro atoms. The topological polar surface area (TPSA) is 102 Å². The quantitative estimate of drug-likeness (QED) is 0.266. The average Bonchev–Trinajstić information content (AvgIpc) is 3.53. The molecule has 2 aliphatic heterocycles. The lowest BCUT2D eigenvalue weighted by Gasteiger charge is -2.28. The van der Waals surface area contributed by atoms with Crippen LogP contribution >= 0.6 is 0 Å². The van der Waals surface area contributed by atoms with Gasteiger partial charge in [0.15, 0.2) is 0 Å². The number of nitrogens with zero attached hydrogens (tertiary/aromatic N) is 5. The van der Waals surface area contributed by atoms with E-state index in [0.717, 1.165) is 55.1 Å². The van der Waals surface area contributed by atoms with Gasteiger partial charge in [-0.1, -0.05) is 19.1 Å². The third-order valence-electron chi connectivity index (χ3n) is 8.25. The van der Waals surface area contributed by atoms with Crippen molar-refractivity contribution >= 4 is 17.0 Å². The average molecular weight is 570 g/mol. The number of carbonyl (C=O) groups is 1. The molecule has 2 saturated heterocycles. The molecule has 0 amide bonds. The molecule has 10 heteroatoms. The zero-order chi connectivity index (χ0) is 29.3. The number of carbonyl (C=O) groups excluding carboxylic acids is 1. The predicted molar refractivity (Wildman–Crippen MR) is 152 cm³/mol. The van der Waals surface area contributed by atoms with Crippen molar-refractivity contribution in [1.82, 2.24) is 19.4 Å². The van der Waals surface area contributed by atoms with Crippen LogP contribution in [0, 0.1) is 17.1 Å². The van der Waals surface area contributed by atoms with Crippen LogP contribution in [0.1, 0.15) is 52.8 Å². The van der Waals surface area contributed by atoms with Crippen LogP contribution in [0.25, 0.3) is 11.0 Å². The zero-order valence-electron chi connectivity index (χ0n) is 23.7. The first-order valence-corrected chi connectivity index (χ1v) is 14.1. The fourth-order valence-corrected chi connectivity index (χ4v) is 5.69. The maximum Gasteiger partial charge on any atom is 0.337 e. The number of ether oxygens (including phenoxy) is 3. The molecular weight excluding hydrogens is 537 g/mol. The Kier molecular flexibility index (Phi) is 7.62. The number of nitriles is 1. The van der Waals surface area contributed by atoms with E-state index in [4.69, 9.17) is 29.4 Å². The van der Waals surface area contributed by atoms with Gasteiger partial charge >= 0.3 is 5.97 Å². The zero-order valence-corrected chi connectivity index (χ0v) is 23.7. The summed E-state index contributed by atoms with van der Waals surface area (Å²) in [5.74, 6) is 0.517. The van der Waals surface area contributed by atoms with Gasteiger partial charge in [0.1, 0.15) is 18.2 Å². The molecule has 0 saturated carbocycles. The number of hydrogen-bond acceptors (Lipinski definition) is 8. The molecular formula is C32H32FN5O4. The van der Waals surface area contributed by atoms with E-state index in [2.05, 4.69) is 16.4 Å². The third-order valence-corrected chi connectivity index (χ3v) is 8.25. The SMILES string of the molecule is COC(=O)c1ccc2nc(CN3CCC(C)(c4cccc(OCc5ccc(C#N)cc5F)n4)C3)n(C[C@@H]3CCO3)c2c1. The van der Waals surface area contributed by atoms with Gasteiger partial charge in [0.05, 0.1) is 60.2 Å². The normalized spacial score (nSPS) is 20.3. The summed E-state index contributed by atoms with van der Waals surface area (Å²) in [6, 6.07) is 17.5. The molecule has 0 N–H and O–H groups in total. The minimum absolute atomic E-state index is 0.0233. The summed E-state index contributed by atoms with van der Waals surface area (Å²) in [6.45, 7) is 5.98. The van der Waals surface area contributed by atoms with Gasteiger partial charge in [-0.05, 0) is 55.8 Å². The van der Waals surface area contributed by atoms with Crippen LogP contribution in [0.3, 0.4) is 0 Å². The largest absolute Gasteiger partial charge is 0.473 e. The molecule has 6 rings (SSSR count). The monoisotopic (exact) mass is 569 g/mol. The van der Waals surface area contributed by atoms with Gasteiger partial charge in [-0.2, -0.15) is 5.26 Å². The molecule has 0 radical (unpaired) electrons. The number of benzene rings is 2. The van der Waals surface area contributed by atoms with Crippen LogP contribution in [0.5, 0.6) is 5.88 Å². The molecule has 2 aromatic carbocycles. The number of methoxy groups -OCH3 is 1. The molecule has 0 bridgehead atoms. The van der Waals surface area contributed by atoms with Gasteiger partial charge in [0.2, 0.25) is 5.88 Å². The number of aromatic nitrogens is 3. The second-order valence-electron chi connectivity index (χ2n) is 11.2. The number of fused-ring (bicyclic) bond motifs is 1. The summed E-state index contributed by atoms with van der Waals surface area (Å²) >= 11 is 0. The van der Waals surface area contributed by atoms with E-state index in [1.54, 1.807) is 24.3 Å². The Bertz CT molecular complexity index is 1680. The Morgan fingerprint density at radius 1 is 1.21 bits per heavy atom. The van der Waals surface area contributed by atoms with Crippen molar-refractivity contribution < 1.29 is 23.4 Å². The fourth-order valence-electron chi connectivity index (χ4n) is 5.69. The molecule has 0 aliphatic carbocycles. The Labute approximate surface area is 243 Å². The highest BCUT2D eigenvalue weighted by Crippen LogP contribution is 2.35. The van der Waals surface area contributed by atoms with Crippen molar-refractivity contribution in [3.05, 3.63) is 88.6 Å². The van der Waals surface area contributed by atoms with E-state index >= 15 is 0 Å². The van der Waals surface area contributed by atoms with Gasteiger partial charge in [-0.25, -0.2) is 19.2 Å². The van der Waals surface area contributed by atoms with Crippen LogP contribution in [0.15, 0.2) is 54.6 Å². The minimum Gasteiger partial charge on any atom is -0.473 e. The number of pyridine rings is 1. The van der Waals surface area contributed by atoms with Crippen molar-refractivity contribution in [3.8, 4) is 11.9 Å². The highest BCUT2D eigenvalue weighted by Gasteiger charge is 2.37. The van der Waals surface area contributed by atoms with Crippen molar-refractivity contribution in [2.24, 2.45) is 0 Å². The smallest absolute Gasteiger partial charge is 0.337 e. The number of likely N-dealkylation sites (tertiary alicyclic amines) is 1. The van der Waals surface area contributed by atoms with Gasteiger partial charge in [-0.15, -0.1) is 0 Å². The fraction of sp³-hybridized carbons (Fsp3) is 0.375. The molecule has 4 aromatic rings. The van der Waals surface area contributed by atoms with E-state index in [0.29, 0.717) is 30.1 Å². The van der Waals surface area contributed by atoms with Crippen molar-refractivity contribution in [2.75, 3.05) is 26.8 Å². The summed E-state index contributed by atoms with van der Waals surface area (Å²) in [6.07, 6.45) is 2.04. The highest BCUT2D eigenvalue weighted by molar-refractivity contribution is 5.93. The van der Waals surface area contributed by atoms with E-state index in [1.165, 1.54) is 13.2 Å². The molecule has 2 atom stereocenters. The second-order valence-corrected chi connectivity index (χ2v) is 11.2. The number of hydrogen-bond donors (Lipinski definition) is 0. The number of esters is 1. The van der Waals surface area contributed by atoms with Gasteiger partial charge < -0.3 is 18.8 Å².